The van der Waals surface area contributed by atoms with E-state index in [2.05, 4.69) is 22.3 Å². The summed E-state index contributed by atoms with van der Waals surface area (Å²) in [6, 6.07) is 22.2. The molecule has 2 aliphatic rings. The normalized spacial score (nSPS) is 14.6. The summed E-state index contributed by atoms with van der Waals surface area (Å²) < 4.78 is 10.9. The number of para-hydroxylation sites is 1. The third-order valence-corrected chi connectivity index (χ3v) is 8.35. The Balaban J connectivity index is 0.000000436. The highest BCUT2D eigenvalue weighted by atomic mass is 35.5. The van der Waals surface area contributed by atoms with Crippen LogP contribution in [0.15, 0.2) is 93.7 Å². The second-order valence-electron chi connectivity index (χ2n) is 11.2. The number of methoxy groups -OCH3 is 1. The predicted octanol–water partition coefficient (Wildman–Crippen LogP) is 6.53. The Hall–Kier alpha value is -4.56. The molecule has 1 aromatic heterocycles. The predicted molar refractivity (Wildman–Crippen MR) is 178 cm³/mol. The first kappa shape index (κ1) is 31.9. The Morgan fingerprint density at radius 1 is 0.978 bits per heavy atom. The Bertz CT molecular complexity index is 1720. The zero-order chi connectivity index (χ0) is 31.8. The van der Waals surface area contributed by atoms with Gasteiger partial charge in [0.05, 0.1) is 12.5 Å². The van der Waals surface area contributed by atoms with Gasteiger partial charge in [0.1, 0.15) is 11.3 Å². The fraction of sp³-hybridized carbons (Fsp3) is 0.306. The van der Waals surface area contributed by atoms with Crippen molar-refractivity contribution in [2.45, 2.75) is 39.2 Å². The van der Waals surface area contributed by atoms with Gasteiger partial charge in [-0.3, -0.25) is 14.4 Å². The quantitative estimate of drug-likeness (QED) is 0.234. The summed E-state index contributed by atoms with van der Waals surface area (Å²) in [5.74, 6) is 0.341. The molecule has 3 aromatic carbocycles. The highest BCUT2D eigenvalue weighted by Gasteiger charge is 2.23. The maximum Gasteiger partial charge on any atom is 0.287 e. The van der Waals surface area contributed by atoms with Crippen LogP contribution in [-0.2, 0) is 11.3 Å². The highest BCUT2D eigenvalue weighted by molar-refractivity contribution is 6.30. The van der Waals surface area contributed by atoms with E-state index in [0.29, 0.717) is 36.2 Å². The molecular formula is C36H38ClN3O5. The number of piperidine rings is 1. The van der Waals surface area contributed by atoms with E-state index in [9.17, 15) is 14.4 Å². The number of benzene rings is 3. The first-order valence-electron chi connectivity index (χ1n) is 15.2. The maximum atomic E-state index is 12.6. The van der Waals surface area contributed by atoms with E-state index in [0.717, 1.165) is 43.9 Å². The summed E-state index contributed by atoms with van der Waals surface area (Å²) in [6.07, 6.45) is 5.44. The number of aryl methyl sites for hydroxylation is 1. The Labute approximate surface area is 268 Å². The summed E-state index contributed by atoms with van der Waals surface area (Å²) in [4.78, 5) is 41.5. The van der Waals surface area contributed by atoms with Crippen LogP contribution >= 0.6 is 11.6 Å². The number of halogens is 1. The number of nitrogens with one attached hydrogen (secondary N) is 1. The number of anilines is 1. The highest BCUT2D eigenvalue weighted by Crippen LogP contribution is 2.28. The minimum atomic E-state index is -0.429. The summed E-state index contributed by atoms with van der Waals surface area (Å²) in [7, 11) is 1.53. The minimum Gasteiger partial charge on any atom is -0.497 e. The SMILES string of the molecule is COc1ccc2c(=O)cc(C(=O)NCC=C3CCN(c4ccccc4CN4CCCC4=O)CC3)oc2c1.Cc1ccc(Cl)cc1. The number of fused-ring (bicyclic) bond motifs is 1. The molecule has 6 rings (SSSR count). The molecule has 2 amide bonds. The van der Waals surface area contributed by atoms with Gasteiger partial charge in [-0.1, -0.05) is 59.1 Å². The van der Waals surface area contributed by atoms with Crippen molar-refractivity contribution in [3.05, 3.63) is 117 Å². The summed E-state index contributed by atoms with van der Waals surface area (Å²) in [6.45, 7) is 5.66. The zero-order valence-corrected chi connectivity index (χ0v) is 26.4. The number of carbonyl (C=O) groups is 2. The van der Waals surface area contributed by atoms with Crippen LogP contribution in [0.5, 0.6) is 5.75 Å². The second kappa shape index (κ2) is 14.9. The lowest BCUT2D eigenvalue weighted by atomic mass is 10.0. The van der Waals surface area contributed by atoms with Crippen molar-refractivity contribution in [1.29, 1.82) is 0 Å². The molecule has 0 saturated carbocycles. The molecule has 0 bridgehead atoms. The fourth-order valence-corrected chi connectivity index (χ4v) is 5.68. The molecule has 8 nitrogen and oxygen atoms in total. The van der Waals surface area contributed by atoms with E-state index >= 15 is 0 Å². The first-order valence-corrected chi connectivity index (χ1v) is 15.6. The molecule has 0 radical (unpaired) electrons. The van der Waals surface area contributed by atoms with Crippen LogP contribution in [0.2, 0.25) is 5.02 Å². The molecule has 2 aliphatic heterocycles. The van der Waals surface area contributed by atoms with Crippen molar-refractivity contribution in [3.63, 3.8) is 0 Å². The molecule has 0 unspecified atom stereocenters. The first-order chi connectivity index (χ1) is 21.8. The van der Waals surface area contributed by atoms with Crippen LogP contribution in [0.25, 0.3) is 11.0 Å². The molecule has 0 spiro atoms. The van der Waals surface area contributed by atoms with Gasteiger partial charge in [-0.05, 0) is 62.1 Å². The van der Waals surface area contributed by atoms with Gasteiger partial charge in [-0.15, -0.1) is 0 Å². The largest absolute Gasteiger partial charge is 0.497 e. The van der Waals surface area contributed by atoms with Crippen molar-refractivity contribution in [1.82, 2.24) is 10.2 Å². The Morgan fingerprint density at radius 3 is 2.42 bits per heavy atom. The lowest BCUT2D eigenvalue weighted by Gasteiger charge is -2.33. The van der Waals surface area contributed by atoms with Gasteiger partial charge in [-0.2, -0.15) is 0 Å². The van der Waals surface area contributed by atoms with Gasteiger partial charge in [-0.25, -0.2) is 0 Å². The van der Waals surface area contributed by atoms with E-state index in [-0.39, 0.29) is 17.1 Å². The lowest BCUT2D eigenvalue weighted by Crippen LogP contribution is -2.33. The number of amides is 2. The number of hydrogen-bond donors (Lipinski definition) is 1. The van der Waals surface area contributed by atoms with Crippen molar-refractivity contribution in [2.75, 3.05) is 38.2 Å². The van der Waals surface area contributed by atoms with Gasteiger partial charge < -0.3 is 24.3 Å². The van der Waals surface area contributed by atoms with E-state index < -0.39 is 5.91 Å². The number of ether oxygens (including phenoxy) is 1. The average molecular weight is 628 g/mol. The van der Waals surface area contributed by atoms with Crippen LogP contribution in [0, 0.1) is 6.92 Å². The summed E-state index contributed by atoms with van der Waals surface area (Å²) in [5.41, 5.74) is 4.96. The van der Waals surface area contributed by atoms with Crippen molar-refractivity contribution >= 4 is 40.1 Å². The van der Waals surface area contributed by atoms with Crippen LogP contribution in [0.4, 0.5) is 5.69 Å². The van der Waals surface area contributed by atoms with Crippen molar-refractivity contribution in [2.24, 2.45) is 0 Å². The van der Waals surface area contributed by atoms with Crippen LogP contribution < -0.4 is 20.4 Å². The molecule has 9 heteroatoms. The van der Waals surface area contributed by atoms with Gasteiger partial charge in [0.2, 0.25) is 5.91 Å². The molecule has 45 heavy (non-hydrogen) atoms. The van der Waals surface area contributed by atoms with Crippen LogP contribution in [0.3, 0.4) is 0 Å². The number of rotatable bonds is 7. The summed E-state index contributed by atoms with van der Waals surface area (Å²) >= 11 is 5.61. The molecule has 1 N–H and O–H groups in total. The molecule has 2 saturated heterocycles. The number of hydrogen-bond acceptors (Lipinski definition) is 6. The van der Waals surface area contributed by atoms with Crippen LogP contribution in [0.1, 0.15) is 47.4 Å². The van der Waals surface area contributed by atoms with Gasteiger partial charge >= 0.3 is 0 Å². The maximum absolute atomic E-state index is 12.6. The third-order valence-electron chi connectivity index (χ3n) is 8.09. The monoisotopic (exact) mass is 627 g/mol. The third kappa shape index (κ3) is 8.34. The van der Waals surface area contributed by atoms with Gasteiger partial charge in [0.15, 0.2) is 11.2 Å². The number of likely N-dealkylation sites (tertiary alicyclic amines) is 1. The number of nitrogens with zero attached hydrogens (tertiary/aromatic N) is 2. The van der Waals surface area contributed by atoms with Crippen molar-refractivity contribution < 1.29 is 18.7 Å². The van der Waals surface area contributed by atoms with E-state index in [1.807, 2.05) is 54.3 Å². The number of carbonyl (C=O) groups excluding carboxylic acids is 2. The fourth-order valence-electron chi connectivity index (χ4n) is 5.55. The smallest absolute Gasteiger partial charge is 0.287 e. The molecule has 234 valence electrons. The minimum absolute atomic E-state index is 0.0212. The zero-order valence-electron chi connectivity index (χ0n) is 25.7. The van der Waals surface area contributed by atoms with Crippen LogP contribution in [-0.4, -0.2) is 50.0 Å². The van der Waals surface area contributed by atoms with E-state index in [1.165, 1.54) is 35.6 Å². The second-order valence-corrected chi connectivity index (χ2v) is 11.7. The molecule has 4 aromatic rings. The summed E-state index contributed by atoms with van der Waals surface area (Å²) in [5, 5.41) is 4.04. The molecule has 0 aliphatic carbocycles. The van der Waals surface area contributed by atoms with Gasteiger partial charge in [0, 0.05) is 62.0 Å². The molecule has 2 fully saturated rings. The molecule has 3 heterocycles. The topological polar surface area (TPSA) is 92.1 Å². The van der Waals surface area contributed by atoms with Gasteiger partial charge in [0.25, 0.3) is 5.91 Å². The molecule has 0 atom stereocenters. The Kier molecular flexibility index (Phi) is 10.6. The lowest BCUT2D eigenvalue weighted by molar-refractivity contribution is -0.128. The molecular weight excluding hydrogens is 590 g/mol. The van der Waals surface area contributed by atoms with E-state index in [4.69, 9.17) is 20.8 Å². The standard InChI is InChI=1S/C29H31N3O5.C7H7Cl/c1-36-22-8-9-23-25(33)18-27(37-26(23)17-22)29(35)30-13-10-20-11-15-31(16-12-20)24-6-3-2-5-21(24)19-32-14-4-7-28(32)34;1-6-2-4-7(8)5-3-6/h2-3,5-6,8-10,17-18H,4,7,11-16,19H2,1H3,(H,30,35);2-5H,1H3. The van der Waals surface area contributed by atoms with E-state index in [1.54, 1.807) is 18.2 Å². The Morgan fingerprint density at radius 2 is 1.73 bits per heavy atom. The van der Waals surface area contributed by atoms with Crippen molar-refractivity contribution in [3.8, 4) is 5.75 Å². The average Bonchev–Trinajstić information content (AvgIpc) is 3.46.